The first kappa shape index (κ1) is 16.4. The maximum absolute atomic E-state index is 12.3. The van der Waals surface area contributed by atoms with Crippen LogP contribution in [0.25, 0.3) is 11.4 Å². The maximum Gasteiger partial charge on any atom is 0.237 e. The third kappa shape index (κ3) is 3.90. The molecule has 0 saturated carbocycles. The van der Waals surface area contributed by atoms with Crippen LogP contribution in [0.4, 0.5) is 5.69 Å². The summed E-state index contributed by atoms with van der Waals surface area (Å²) < 4.78 is 0. The monoisotopic (exact) mass is 360 g/mol. The normalized spacial score (nSPS) is 11.9. The van der Waals surface area contributed by atoms with Crippen LogP contribution in [0.5, 0.6) is 0 Å². The minimum absolute atomic E-state index is 0.204. The number of thioether (sulfide) groups is 1. The molecular weight excluding hydrogens is 348 g/mol. The van der Waals surface area contributed by atoms with E-state index in [1.165, 1.54) is 11.8 Å². The van der Waals surface area contributed by atoms with E-state index in [1.807, 2.05) is 12.1 Å². The average molecular weight is 361 g/mol. The molecule has 1 amide bonds. The highest BCUT2D eigenvalue weighted by atomic mass is 35.5. The Labute approximate surface area is 147 Å². The van der Waals surface area contributed by atoms with Gasteiger partial charge < -0.3 is 5.32 Å². The van der Waals surface area contributed by atoms with E-state index in [0.717, 1.165) is 5.56 Å². The number of H-pyrrole nitrogens is 1. The van der Waals surface area contributed by atoms with Crippen molar-refractivity contribution in [1.82, 2.24) is 25.1 Å². The smallest absolute Gasteiger partial charge is 0.237 e. The van der Waals surface area contributed by atoms with Gasteiger partial charge in [-0.3, -0.25) is 14.9 Å². The highest BCUT2D eigenvalue weighted by molar-refractivity contribution is 8.00. The predicted molar refractivity (Wildman–Crippen MR) is 92.8 cm³/mol. The van der Waals surface area contributed by atoms with E-state index in [1.54, 1.807) is 37.6 Å². The lowest BCUT2D eigenvalue weighted by Crippen LogP contribution is -2.22. The fraction of sp³-hybridized carbons (Fsp3) is 0.133. The van der Waals surface area contributed by atoms with E-state index in [0.29, 0.717) is 16.7 Å². The zero-order chi connectivity index (χ0) is 16.9. The standard InChI is InChI=1S/C15H13ClN6OS/c1-9(14(23)19-11-3-2-6-18-12(11)16)24-15-20-13(21-22-15)10-4-7-17-8-5-10/h2-9H,1H3,(H,19,23)(H,20,21,22)/t9-/m0/s1. The molecule has 0 radical (unpaired) electrons. The number of anilines is 1. The summed E-state index contributed by atoms with van der Waals surface area (Å²) in [5, 5.41) is 10.1. The first-order chi connectivity index (χ1) is 11.6. The molecule has 0 aliphatic rings. The summed E-state index contributed by atoms with van der Waals surface area (Å²) in [4.78, 5) is 24.5. The summed E-state index contributed by atoms with van der Waals surface area (Å²) in [6.07, 6.45) is 4.92. The number of nitrogens with zero attached hydrogens (tertiary/aromatic N) is 4. The van der Waals surface area contributed by atoms with E-state index < -0.39 is 5.25 Å². The predicted octanol–water partition coefficient (Wildman–Crippen LogP) is 3.03. The van der Waals surface area contributed by atoms with Gasteiger partial charge in [0.05, 0.1) is 10.9 Å². The summed E-state index contributed by atoms with van der Waals surface area (Å²) in [6.45, 7) is 1.77. The summed E-state index contributed by atoms with van der Waals surface area (Å²) in [5.41, 5.74) is 1.35. The molecule has 7 nitrogen and oxygen atoms in total. The lowest BCUT2D eigenvalue weighted by Gasteiger charge is -2.10. The van der Waals surface area contributed by atoms with Crippen molar-refractivity contribution in [3.8, 4) is 11.4 Å². The number of carbonyl (C=O) groups excluding carboxylic acids is 1. The van der Waals surface area contributed by atoms with Crippen LogP contribution >= 0.6 is 23.4 Å². The fourth-order valence-corrected chi connectivity index (χ4v) is 2.75. The molecule has 3 heterocycles. The number of aromatic amines is 1. The third-order valence-electron chi connectivity index (χ3n) is 3.09. The molecule has 9 heteroatoms. The Bertz CT molecular complexity index is 841. The number of carbonyl (C=O) groups is 1. The number of halogens is 1. The van der Waals surface area contributed by atoms with Crippen LogP contribution in [0.1, 0.15) is 6.92 Å². The maximum atomic E-state index is 12.3. The Morgan fingerprint density at radius 3 is 2.83 bits per heavy atom. The Morgan fingerprint density at radius 2 is 2.08 bits per heavy atom. The molecule has 1 atom stereocenters. The van der Waals surface area contributed by atoms with Gasteiger partial charge in [0.2, 0.25) is 11.1 Å². The number of pyridine rings is 2. The van der Waals surface area contributed by atoms with Crippen LogP contribution in [0.2, 0.25) is 5.15 Å². The summed E-state index contributed by atoms with van der Waals surface area (Å²) in [5.74, 6) is 0.424. The zero-order valence-electron chi connectivity index (χ0n) is 12.6. The second-order valence-electron chi connectivity index (χ2n) is 4.79. The van der Waals surface area contributed by atoms with E-state index in [4.69, 9.17) is 11.6 Å². The van der Waals surface area contributed by atoms with Crippen molar-refractivity contribution < 1.29 is 4.79 Å². The van der Waals surface area contributed by atoms with E-state index >= 15 is 0 Å². The first-order valence-corrected chi connectivity index (χ1v) is 8.30. The molecule has 122 valence electrons. The molecule has 0 aliphatic heterocycles. The van der Waals surface area contributed by atoms with Gasteiger partial charge in [-0.2, -0.15) is 0 Å². The number of nitrogens with one attached hydrogen (secondary N) is 2. The quantitative estimate of drug-likeness (QED) is 0.536. The Morgan fingerprint density at radius 1 is 1.29 bits per heavy atom. The fourth-order valence-electron chi connectivity index (χ4n) is 1.86. The van der Waals surface area contributed by atoms with Crippen molar-refractivity contribution >= 4 is 35.0 Å². The molecule has 0 aromatic carbocycles. The van der Waals surface area contributed by atoms with Gasteiger partial charge in [-0.1, -0.05) is 23.4 Å². The molecular formula is C15H13ClN6OS. The largest absolute Gasteiger partial charge is 0.322 e. The SMILES string of the molecule is C[C@H](Sc1n[nH]c(-c2ccncc2)n1)C(=O)Nc1cccnc1Cl. The van der Waals surface area contributed by atoms with Gasteiger partial charge in [0.1, 0.15) is 0 Å². The molecule has 0 bridgehead atoms. The molecule has 0 saturated heterocycles. The van der Waals surface area contributed by atoms with Crippen molar-refractivity contribution in [3.63, 3.8) is 0 Å². The van der Waals surface area contributed by atoms with Crippen molar-refractivity contribution in [2.75, 3.05) is 5.32 Å². The lowest BCUT2D eigenvalue weighted by molar-refractivity contribution is -0.115. The van der Waals surface area contributed by atoms with Crippen LogP contribution < -0.4 is 5.32 Å². The molecule has 0 aliphatic carbocycles. The number of hydrogen-bond donors (Lipinski definition) is 2. The van der Waals surface area contributed by atoms with E-state index in [9.17, 15) is 4.79 Å². The van der Waals surface area contributed by atoms with Crippen LogP contribution in [0.15, 0.2) is 48.0 Å². The van der Waals surface area contributed by atoms with Crippen molar-refractivity contribution in [2.24, 2.45) is 0 Å². The first-order valence-electron chi connectivity index (χ1n) is 7.04. The minimum Gasteiger partial charge on any atom is -0.322 e. The zero-order valence-corrected chi connectivity index (χ0v) is 14.2. The Hall–Kier alpha value is -2.45. The van der Waals surface area contributed by atoms with Gasteiger partial charge in [0.25, 0.3) is 0 Å². The molecule has 24 heavy (non-hydrogen) atoms. The topological polar surface area (TPSA) is 96.5 Å². The molecule has 0 fully saturated rings. The molecule has 0 spiro atoms. The van der Waals surface area contributed by atoms with E-state index in [-0.39, 0.29) is 11.1 Å². The van der Waals surface area contributed by atoms with Gasteiger partial charge in [0.15, 0.2) is 11.0 Å². The van der Waals surface area contributed by atoms with Crippen LogP contribution in [-0.4, -0.2) is 36.3 Å². The molecule has 2 N–H and O–H groups in total. The number of amides is 1. The summed E-state index contributed by atoms with van der Waals surface area (Å²) in [6, 6.07) is 7.06. The lowest BCUT2D eigenvalue weighted by atomic mass is 10.3. The molecule has 3 rings (SSSR count). The number of aromatic nitrogens is 5. The van der Waals surface area contributed by atoms with Gasteiger partial charge >= 0.3 is 0 Å². The van der Waals surface area contributed by atoms with Gasteiger partial charge in [0, 0.05) is 24.2 Å². The van der Waals surface area contributed by atoms with Gasteiger partial charge in [-0.05, 0) is 31.2 Å². The van der Waals surface area contributed by atoms with Crippen LogP contribution in [0.3, 0.4) is 0 Å². The second kappa shape index (κ2) is 7.41. The number of rotatable bonds is 5. The van der Waals surface area contributed by atoms with Crippen LogP contribution in [0, 0.1) is 0 Å². The average Bonchev–Trinajstić information content (AvgIpc) is 3.06. The van der Waals surface area contributed by atoms with Crippen molar-refractivity contribution in [1.29, 1.82) is 0 Å². The highest BCUT2D eigenvalue weighted by Gasteiger charge is 2.18. The summed E-state index contributed by atoms with van der Waals surface area (Å²) >= 11 is 7.18. The minimum atomic E-state index is -0.401. The van der Waals surface area contributed by atoms with Gasteiger partial charge in [-0.15, -0.1) is 5.10 Å². The molecule has 0 unspecified atom stereocenters. The third-order valence-corrected chi connectivity index (χ3v) is 4.35. The van der Waals surface area contributed by atoms with Crippen LogP contribution in [-0.2, 0) is 4.79 Å². The van der Waals surface area contributed by atoms with E-state index in [2.05, 4.69) is 30.5 Å². The van der Waals surface area contributed by atoms with Crippen molar-refractivity contribution in [3.05, 3.63) is 48.0 Å². The highest BCUT2D eigenvalue weighted by Crippen LogP contribution is 2.24. The molecule has 3 aromatic heterocycles. The van der Waals surface area contributed by atoms with Gasteiger partial charge in [-0.25, -0.2) is 9.97 Å². The molecule has 3 aromatic rings. The second-order valence-corrected chi connectivity index (χ2v) is 6.46. The van der Waals surface area contributed by atoms with Crippen molar-refractivity contribution in [2.45, 2.75) is 17.3 Å². The Balaban J connectivity index is 1.65. The number of hydrogen-bond acceptors (Lipinski definition) is 6. The summed E-state index contributed by atoms with van der Waals surface area (Å²) in [7, 11) is 0. The Kier molecular flexibility index (Phi) is 5.07.